The van der Waals surface area contributed by atoms with Crippen molar-refractivity contribution in [3.8, 4) is 45.3 Å². The van der Waals surface area contributed by atoms with E-state index < -0.39 is 0 Å². The van der Waals surface area contributed by atoms with Crippen molar-refractivity contribution in [2.75, 3.05) is 0 Å². The molecule has 3 heteroatoms. The van der Waals surface area contributed by atoms with Crippen LogP contribution in [0.15, 0.2) is 97.2 Å². The van der Waals surface area contributed by atoms with Crippen molar-refractivity contribution in [3.05, 3.63) is 97.2 Å². The van der Waals surface area contributed by atoms with Gasteiger partial charge in [0, 0.05) is 22.7 Å². The molecule has 1 aliphatic rings. The lowest BCUT2D eigenvalue weighted by Crippen LogP contribution is -1.97. The smallest absolute Gasteiger partial charge is 0.135 e. The third kappa shape index (κ3) is 2.59. The van der Waals surface area contributed by atoms with Crippen LogP contribution < -0.4 is 4.74 Å². The van der Waals surface area contributed by atoms with Crippen LogP contribution in [0.25, 0.3) is 44.5 Å². The molecule has 0 bridgehead atoms. The van der Waals surface area contributed by atoms with E-state index in [2.05, 4.69) is 41.4 Å². The van der Waals surface area contributed by atoms with Crippen molar-refractivity contribution in [2.24, 2.45) is 0 Å². The maximum Gasteiger partial charge on any atom is 0.135 e. The Morgan fingerprint density at radius 2 is 1.41 bits per heavy atom. The summed E-state index contributed by atoms with van der Waals surface area (Å²) in [4.78, 5) is 9.27. The first kappa shape index (κ1) is 16.0. The standard InChI is InChI=1S/C26H16N2O/c1-2-15-27-22(9-1)23-11-5-10-21(28-23)18-13-14-24-20(16-18)19-8-3-6-17-7-4-12-25(29-24)26(17)19/h1-16H. The highest BCUT2D eigenvalue weighted by Crippen LogP contribution is 2.47. The van der Waals surface area contributed by atoms with Gasteiger partial charge in [0.15, 0.2) is 0 Å². The minimum Gasteiger partial charge on any atom is -0.456 e. The monoisotopic (exact) mass is 372 g/mol. The second kappa shape index (κ2) is 6.28. The van der Waals surface area contributed by atoms with E-state index in [-0.39, 0.29) is 0 Å². The molecule has 0 saturated heterocycles. The van der Waals surface area contributed by atoms with Crippen molar-refractivity contribution >= 4 is 10.8 Å². The molecule has 3 heterocycles. The molecule has 5 aromatic rings. The highest BCUT2D eigenvalue weighted by molar-refractivity contribution is 6.04. The first-order valence-electron chi connectivity index (χ1n) is 9.60. The van der Waals surface area contributed by atoms with Gasteiger partial charge in [-0.25, -0.2) is 4.98 Å². The lowest BCUT2D eigenvalue weighted by Gasteiger charge is -2.21. The summed E-state index contributed by atoms with van der Waals surface area (Å²) in [5.41, 5.74) is 6.00. The molecule has 0 fully saturated rings. The van der Waals surface area contributed by atoms with E-state index in [1.807, 2.05) is 54.6 Å². The summed E-state index contributed by atoms with van der Waals surface area (Å²) in [6, 6.07) is 30.8. The zero-order chi connectivity index (χ0) is 19.2. The fraction of sp³-hybridized carbons (Fsp3) is 0. The molecular weight excluding hydrogens is 356 g/mol. The number of pyridine rings is 2. The Balaban J connectivity index is 1.51. The first-order valence-corrected chi connectivity index (χ1v) is 9.60. The highest BCUT2D eigenvalue weighted by Gasteiger charge is 2.20. The molecule has 0 amide bonds. The van der Waals surface area contributed by atoms with Crippen LogP contribution in [0.4, 0.5) is 0 Å². The molecule has 1 aliphatic heterocycles. The van der Waals surface area contributed by atoms with Crippen LogP contribution in [0.3, 0.4) is 0 Å². The van der Waals surface area contributed by atoms with Crippen molar-refractivity contribution in [1.29, 1.82) is 0 Å². The quantitative estimate of drug-likeness (QED) is 0.338. The van der Waals surface area contributed by atoms with Gasteiger partial charge in [0.1, 0.15) is 11.5 Å². The second-order valence-corrected chi connectivity index (χ2v) is 7.10. The molecule has 0 radical (unpaired) electrons. The van der Waals surface area contributed by atoms with Crippen LogP contribution in [0.2, 0.25) is 0 Å². The zero-order valence-electron chi connectivity index (χ0n) is 15.5. The van der Waals surface area contributed by atoms with E-state index in [9.17, 15) is 0 Å². The number of benzene rings is 3. The SMILES string of the molecule is c1ccc(-c2cccc(-c3ccc4c(c3)-c3cccc5cccc(c35)O4)n2)nc1. The second-order valence-electron chi connectivity index (χ2n) is 7.10. The van der Waals surface area contributed by atoms with Crippen molar-refractivity contribution in [2.45, 2.75) is 0 Å². The lowest BCUT2D eigenvalue weighted by atomic mass is 9.93. The fourth-order valence-corrected chi connectivity index (χ4v) is 3.98. The van der Waals surface area contributed by atoms with Gasteiger partial charge in [-0.05, 0) is 59.5 Å². The average Bonchev–Trinajstić information content (AvgIpc) is 2.80. The van der Waals surface area contributed by atoms with Gasteiger partial charge in [-0.2, -0.15) is 0 Å². The molecule has 136 valence electrons. The van der Waals surface area contributed by atoms with Crippen molar-refractivity contribution in [3.63, 3.8) is 0 Å². The molecule has 3 nitrogen and oxygen atoms in total. The normalized spacial score (nSPS) is 11.7. The van der Waals surface area contributed by atoms with E-state index in [4.69, 9.17) is 9.72 Å². The van der Waals surface area contributed by atoms with Gasteiger partial charge in [0.2, 0.25) is 0 Å². The highest BCUT2D eigenvalue weighted by atomic mass is 16.5. The Hall–Kier alpha value is -3.98. The molecule has 0 aliphatic carbocycles. The fourth-order valence-electron chi connectivity index (χ4n) is 3.98. The molecule has 2 aromatic heterocycles. The summed E-state index contributed by atoms with van der Waals surface area (Å²) in [6.45, 7) is 0. The minimum absolute atomic E-state index is 0.865. The summed E-state index contributed by atoms with van der Waals surface area (Å²) >= 11 is 0. The van der Waals surface area contributed by atoms with E-state index in [1.54, 1.807) is 6.20 Å². The Morgan fingerprint density at radius 3 is 2.31 bits per heavy atom. The molecule has 0 spiro atoms. The number of hydrogen-bond donors (Lipinski definition) is 0. The number of rotatable bonds is 2. The summed E-state index contributed by atoms with van der Waals surface area (Å²) < 4.78 is 6.20. The third-order valence-electron chi connectivity index (χ3n) is 5.33. The molecular formula is C26H16N2O. The van der Waals surface area contributed by atoms with E-state index in [1.165, 1.54) is 10.9 Å². The van der Waals surface area contributed by atoms with Crippen LogP contribution >= 0.6 is 0 Å². The van der Waals surface area contributed by atoms with Crippen LogP contribution in [-0.4, -0.2) is 9.97 Å². The molecule has 0 unspecified atom stereocenters. The number of ether oxygens (including phenoxy) is 1. The predicted molar refractivity (Wildman–Crippen MR) is 116 cm³/mol. The van der Waals surface area contributed by atoms with Crippen LogP contribution in [0, 0.1) is 0 Å². The lowest BCUT2D eigenvalue weighted by molar-refractivity contribution is 0.487. The Kier molecular flexibility index (Phi) is 3.47. The third-order valence-corrected chi connectivity index (χ3v) is 5.33. The zero-order valence-corrected chi connectivity index (χ0v) is 15.5. The van der Waals surface area contributed by atoms with E-state index in [0.717, 1.165) is 45.1 Å². The predicted octanol–water partition coefficient (Wildman–Crippen LogP) is 6.74. The van der Waals surface area contributed by atoms with Crippen molar-refractivity contribution < 1.29 is 4.74 Å². The van der Waals surface area contributed by atoms with Crippen LogP contribution in [0.1, 0.15) is 0 Å². The first-order chi connectivity index (χ1) is 14.4. The van der Waals surface area contributed by atoms with E-state index in [0.29, 0.717) is 0 Å². The van der Waals surface area contributed by atoms with Gasteiger partial charge < -0.3 is 4.74 Å². The maximum atomic E-state index is 6.20. The van der Waals surface area contributed by atoms with Gasteiger partial charge in [-0.15, -0.1) is 0 Å². The molecule has 6 rings (SSSR count). The molecule has 29 heavy (non-hydrogen) atoms. The topological polar surface area (TPSA) is 35.0 Å². The van der Waals surface area contributed by atoms with E-state index >= 15 is 0 Å². The van der Waals surface area contributed by atoms with Crippen molar-refractivity contribution in [1.82, 2.24) is 9.97 Å². The average molecular weight is 372 g/mol. The molecule has 0 N–H and O–H groups in total. The summed E-state index contributed by atoms with van der Waals surface area (Å²) in [7, 11) is 0. The Morgan fingerprint density at radius 1 is 0.586 bits per heavy atom. The number of fused-ring (bicyclic) bond motifs is 2. The Labute approximate surface area is 168 Å². The van der Waals surface area contributed by atoms with Gasteiger partial charge in [0.05, 0.1) is 17.1 Å². The Bertz CT molecular complexity index is 1370. The van der Waals surface area contributed by atoms with Gasteiger partial charge in [-0.3, -0.25) is 4.98 Å². The molecule has 3 aromatic carbocycles. The van der Waals surface area contributed by atoms with Gasteiger partial charge in [0.25, 0.3) is 0 Å². The van der Waals surface area contributed by atoms with Crippen LogP contribution in [0.5, 0.6) is 11.5 Å². The minimum atomic E-state index is 0.865. The van der Waals surface area contributed by atoms with Crippen LogP contribution in [-0.2, 0) is 0 Å². The number of nitrogens with zero attached hydrogens (tertiary/aromatic N) is 2. The van der Waals surface area contributed by atoms with Gasteiger partial charge >= 0.3 is 0 Å². The largest absolute Gasteiger partial charge is 0.456 e. The molecule has 0 atom stereocenters. The summed E-state index contributed by atoms with van der Waals surface area (Å²) in [6.07, 6.45) is 1.79. The number of aromatic nitrogens is 2. The summed E-state index contributed by atoms with van der Waals surface area (Å²) in [5.74, 6) is 1.79. The number of hydrogen-bond acceptors (Lipinski definition) is 3. The molecule has 0 saturated carbocycles. The summed E-state index contributed by atoms with van der Waals surface area (Å²) in [5, 5.41) is 2.35. The van der Waals surface area contributed by atoms with Gasteiger partial charge in [-0.1, -0.05) is 42.5 Å². The maximum absolute atomic E-state index is 6.20.